The Hall–Kier alpha value is -2.30. The van der Waals surface area contributed by atoms with Crippen molar-refractivity contribution in [2.45, 2.75) is 24.4 Å². The topological polar surface area (TPSA) is 101 Å². The first kappa shape index (κ1) is 22.0. The molecule has 2 aromatic carbocycles. The molecule has 0 aliphatic heterocycles. The van der Waals surface area contributed by atoms with E-state index in [1.165, 1.54) is 0 Å². The minimum absolute atomic E-state index is 0.00598. The summed E-state index contributed by atoms with van der Waals surface area (Å²) in [7, 11) is -4.53. The molecule has 4 N–H and O–H groups in total. The minimum atomic E-state index is -4.90. The van der Waals surface area contributed by atoms with Crippen molar-refractivity contribution < 1.29 is 26.4 Å². The number of nitrogens with two attached hydrogens (primary N) is 1. The van der Waals surface area contributed by atoms with Crippen LogP contribution in [0.5, 0.6) is 0 Å². The molecule has 0 saturated carbocycles. The summed E-state index contributed by atoms with van der Waals surface area (Å²) in [4.78, 5) is 11.0. The van der Waals surface area contributed by atoms with Crippen molar-refractivity contribution in [3.8, 4) is 0 Å². The molecule has 11 heteroatoms. The molecule has 0 aliphatic carbocycles. The minimum Gasteiger partial charge on any atom is -0.385 e. The smallest absolute Gasteiger partial charge is 0.385 e. The Bertz CT molecular complexity index is 995. The van der Waals surface area contributed by atoms with Gasteiger partial charge in [0.2, 0.25) is 15.9 Å². The Kier molecular flexibility index (Phi) is 6.58. The highest BCUT2D eigenvalue weighted by molar-refractivity contribution is 7.89. The molecule has 2 rings (SSSR count). The van der Waals surface area contributed by atoms with Gasteiger partial charge >= 0.3 is 6.18 Å². The van der Waals surface area contributed by atoms with Crippen LogP contribution in [0.15, 0.2) is 41.3 Å². The number of carbonyl (C=O) groups excluding carboxylic acids is 1. The highest BCUT2D eigenvalue weighted by atomic mass is 35.5. The molecule has 0 atom stereocenters. The second-order valence-corrected chi connectivity index (χ2v) is 7.83. The van der Waals surface area contributed by atoms with E-state index in [0.29, 0.717) is 22.3 Å². The third-order valence-corrected chi connectivity index (χ3v) is 5.19. The predicted molar refractivity (Wildman–Crippen MR) is 101 cm³/mol. The summed E-state index contributed by atoms with van der Waals surface area (Å²) < 4.78 is 62.0. The molecule has 0 aliphatic rings. The van der Waals surface area contributed by atoms with Crippen molar-refractivity contribution in [1.82, 2.24) is 0 Å². The number of primary sulfonamides is 1. The van der Waals surface area contributed by atoms with E-state index in [2.05, 4.69) is 10.6 Å². The van der Waals surface area contributed by atoms with E-state index in [4.69, 9.17) is 16.7 Å². The summed E-state index contributed by atoms with van der Waals surface area (Å²) in [6.07, 6.45) is -4.94. The first-order valence-electron chi connectivity index (χ1n) is 7.92. The monoisotopic (exact) mass is 435 g/mol. The average molecular weight is 436 g/mol. The molecule has 0 fully saturated rings. The van der Waals surface area contributed by atoms with Crippen LogP contribution in [0, 0.1) is 6.92 Å². The molecular formula is C17H17ClF3N3O3S. The molecule has 2 aromatic rings. The molecule has 28 heavy (non-hydrogen) atoms. The normalized spacial score (nSPS) is 11.9. The third kappa shape index (κ3) is 5.60. The second kappa shape index (κ2) is 8.38. The SMILES string of the molecule is Cc1c(Cl)cccc1NC(=O)CCNc1ccc(S(N)(=O)=O)c(C(F)(F)F)c1. The summed E-state index contributed by atoms with van der Waals surface area (Å²) in [6, 6.07) is 7.59. The maximum Gasteiger partial charge on any atom is 0.417 e. The molecule has 0 saturated heterocycles. The molecule has 0 spiro atoms. The van der Waals surface area contributed by atoms with Gasteiger partial charge in [0.1, 0.15) is 0 Å². The van der Waals surface area contributed by atoms with Crippen molar-refractivity contribution >= 4 is 38.9 Å². The van der Waals surface area contributed by atoms with Crippen LogP contribution in [0.2, 0.25) is 5.02 Å². The highest BCUT2D eigenvalue weighted by Gasteiger charge is 2.36. The number of nitrogens with one attached hydrogen (secondary N) is 2. The molecule has 0 unspecified atom stereocenters. The lowest BCUT2D eigenvalue weighted by Crippen LogP contribution is -2.20. The number of alkyl halides is 3. The molecule has 0 bridgehead atoms. The van der Waals surface area contributed by atoms with Gasteiger partial charge in [-0.3, -0.25) is 4.79 Å². The molecule has 152 valence electrons. The van der Waals surface area contributed by atoms with Crippen LogP contribution < -0.4 is 15.8 Å². The zero-order chi connectivity index (χ0) is 21.1. The molecule has 0 heterocycles. The van der Waals surface area contributed by atoms with Crippen LogP contribution in [-0.2, 0) is 21.0 Å². The number of benzene rings is 2. The Labute approximate surface area is 164 Å². The number of hydrogen-bond donors (Lipinski definition) is 3. The lowest BCUT2D eigenvalue weighted by molar-refractivity contribution is -0.139. The van der Waals surface area contributed by atoms with Gasteiger partial charge in [-0.1, -0.05) is 17.7 Å². The number of sulfonamides is 1. The van der Waals surface area contributed by atoms with Gasteiger partial charge in [0, 0.05) is 29.4 Å². The first-order valence-corrected chi connectivity index (χ1v) is 9.85. The van der Waals surface area contributed by atoms with E-state index < -0.39 is 26.7 Å². The van der Waals surface area contributed by atoms with Gasteiger partial charge in [-0.2, -0.15) is 13.2 Å². The van der Waals surface area contributed by atoms with E-state index in [1.54, 1.807) is 25.1 Å². The number of hydrogen-bond acceptors (Lipinski definition) is 4. The molecule has 0 aromatic heterocycles. The van der Waals surface area contributed by atoms with E-state index in [0.717, 1.165) is 12.1 Å². The zero-order valence-corrected chi connectivity index (χ0v) is 16.2. The van der Waals surface area contributed by atoms with E-state index in [1.807, 2.05) is 0 Å². The fourth-order valence-electron chi connectivity index (χ4n) is 2.39. The summed E-state index contributed by atoms with van der Waals surface area (Å²) in [6.45, 7) is 1.76. The number of anilines is 2. The van der Waals surface area contributed by atoms with Gasteiger partial charge in [-0.25, -0.2) is 13.6 Å². The lowest BCUT2D eigenvalue weighted by Gasteiger charge is -2.14. The van der Waals surface area contributed by atoms with Crippen LogP contribution in [0.25, 0.3) is 0 Å². The molecule has 1 amide bonds. The number of amides is 1. The van der Waals surface area contributed by atoms with Crippen molar-refractivity contribution in [1.29, 1.82) is 0 Å². The van der Waals surface area contributed by atoms with E-state index in [9.17, 15) is 26.4 Å². The second-order valence-electron chi connectivity index (χ2n) is 5.89. The maximum atomic E-state index is 13.1. The van der Waals surface area contributed by atoms with Crippen molar-refractivity contribution in [3.05, 3.63) is 52.5 Å². The van der Waals surface area contributed by atoms with Crippen LogP contribution in [0.3, 0.4) is 0 Å². The molecular weight excluding hydrogens is 419 g/mol. The lowest BCUT2D eigenvalue weighted by atomic mass is 10.2. The summed E-state index contributed by atoms with van der Waals surface area (Å²) >= 11 is 5.97. The Morgan fingerprint density at radius 3 is 2.50 bits per heavy atom. The molecule has 6 nitrogen and oxygen atoms in total. The Morgan fingerprint density at radius 1 is 1.21 bits per heavy atom. The first-order chi connectivity index (χ1) is 12.9. The summed E-state index contributed by atoms with van der Waals surface area (Å²) in [5.74, 6) is -0.366. The fraction of sp³-hybridized carbons (Fsp3) is 0.235. The van der Waals surface area contributed by atoms with E-state index >= 15 is 0 Å². The standard InChI is InChI=1S/C17H17ClF3N3O3S/c1-10-13(18)3-2-4-14(10)24-16(25)7-8-23-11-5-6-15(28(22,26)27)12(9-11)17(19,20)21/h2-6,9,23H,7-8H2,1H3,(H,24,25)(H2,22,26,27). The summed E-state index contributed by atoms with van der Waals surface area (Å²) in [5.41, 5.74) is -0.140. The van der Waals surface area contributed by atoms with Crippen LogP contribution in [-0.4, -0.2) is 20.9 Å². The Morgan fingerprint density at radius 2 is 1.89 bits per heavy atom. The van der Waals surface area contributed by atoms with Gasteiger partial charge in [0.25, 0.3) is 0 Å². The molecule has 0 radical (unpaired) electrons. The van der Waals surface area contributed by atoms with Crippen LogP contribution in [0.1, 0.15) is 17.5 Å². The fourth-order valence-corrected chi connectivity index (χ4v) is 3.30. The Balaban J connectivity index is 2.05. The summed E-state index contributed by atoms with van der Waals surface area (Å²) in [5, 5.41) is 10.6. The number of rotatable bonds is 6. The van der Waals surface area contributed by atoms with Crippen LogP contribution in [0.4, 0.5) is 24.5 Å². The average Bonchev–Trinajstić information content (AvgIpc) is 2.57. The van der Waals surface area contributed by atoms with Crippen molar-refractivity contribution in [2.75, 3.05) is 17.2 Å². The van der Waals surface area contributed by atoms with Gasteiger partial charge in [0.15, 0.2) is 0 Å². The largest absolute Gasteiger partial charge is 0.417 e. The number of halogens is 4. The quantitative estimate of drug-likeness (QED) is 0.643. The number of carbonyl (C=O) groups is 1. The van der Waals surface area contributed by atoms with Crippen molar-refractivity contribution in [2.24, 2.45) is 5.14 Å². The maximum absolute atomic E-state index is 13.1. The van der Waals surface area contributed by atoms with Gasteiger partial charge in [0.05, 0.1) is 10.5 Å². The van der Waals surface area contributed by atoms with Crippen LogP contribution >= 0.6 is 11.6 Å². The zero-order valence-electron chi connectivity index (χ0n) is 14.6. The predicted octanol–water partition coefficient (Wildman–Crippen LogP) is 3.76. The van der Waals surface area contributed by atoms with Gasteiger partial charge < -0.3 is 10.6 Å². The van der Waals surface area contributed by atoms with Gasteiger partial charge in [-0.05, 0) is 42.8 Å². The highest BCUT2D eigenvalue weighted by Crippen LogP contribution is 2.35. The van der Waals surface area contributed by atoms with Gasteiger partial charge in [-0.15, -0.1) is 0 Å². The van der Waals surface area contributed by atoms with Crippen molar-refractivity contribution in [3.63, 3.8) is 0 Å². The van der Waals surface area contributed by atoms with E-state index in [-0.39, 0.29) is 24.6 Å². The third-order valence-electron chi connectivity index (χ3n) is 3.81.